The van der Waals surface area contributed by atoms with Gasteiger partial charge in [-0.05, 0) is 60.4 Å². The summed E-state index contributed by atoms with van der Waals surface area (Å²) in [5.41, 5.74) is 8.38. The molecule has 0 spiro atoms. The molecular formula is C22H27FN2O. The lowest BCUT2D eigenvalue weighted by atomic mass is 9.75. The normalized spacial score (nSPS) is 17.2. The summed E-state index contributed by atoms with van der Waals surface area (Å²) in [7, 11) is 0. The standard InChI is InChI=1S/C22H27FN2O/c1-22(2)10-8-19(9-11-22)25-14-18-7-6-16(13-20(18)23)15-4-3-5-17(12-15)21(24)26/h3-7,12-13,19,25H,8-11,14H2,1-2H3,(H2,24,26). The molecule has 2 aromatic carbocycles. The molecule has 1 amide bonds. The minimum Gasteiger partial charge on any atom is -0.366 e. The number of benzene rings is 2. The van der Waals surface area contributed by atoms with Crippen LogP contribution < -0.4 is 11.1 Å². The molecule has 1 saturated carbocycles. The van der Waals surface area contributed by atoms with Crippen LogP contribution in [0.15, 0.2) is 42.5 Å². The second kappa shape index (κ2) is 7.58. The van der Waals surface area contributed by atoms with E-state index >= 15 is 0 Å². The summed E-state index contributed by atoms with van der Waals surface area (Å²) in [4.78, 5) is 11.3. The van der Waals surface area contributed by atoms with Gasteiger partial charge in [0.2, 0.25) is 5.91 Å². The summed E-state index contributed by atoms with van der Waals surface area (Å²) in [5, 5.41) is 3.50. The summed E-state index contributed by atoms with van der Waals surface area (Å²) >= 11 is 0. The maximum absolute atomic E-state index is 14.5. The molecule has 1 fully saturated rings. The molecule has 0 aromatic heterocycles. The zero-order chi connectivity index (χ0) is 18.7. The Balaban J connectivity index is 1.66. The van der Waals surface area contributed by atoms with E-state index in [2.05, 4.69) is 19.2 Å². The number of nitrogens with one attached hydrogen (secondary N) is 1. The smallest absolute Gasteiger partial charge is 0.248 e. The third kappa shape index (κ3) is 4.50. The van der Waals surface area contributed by atoms with Gasteiger partial charge in [0.1, 0.15) is 5.82 Å². The van der Waals surface area contributed by atoms with E-state index in [1.807, 2.05) is 18.2 Å². The fourth-order valence-electron chi connectivity index (χ4n) is 3.58. The Hall–Kier alpha value is -2.20. The molecule has 0 bridgehead atoms. The molecule has 0 saturated heterocycles. The SMILES string of the molecule is CC1(C)CCC(NCc2ccc(-c3cccc(C(N)=O)c3)cc2F)CC1. The van der Waals surface area contributed by atoms with Gasteiger partial charge in [-0.25, -0.2) is 4.39 Å². The molecular weight excluding hydrogens is 327 g/mol. The van der Waals surface area contributed by atoms with Crippen molar-refractivity contribution in [3.8, 4) is 11.1 Å². The lowest BCUT2D eigenvalue weighted by Crippen LogP contribution is -2.35. The van der Waals surface area contributed by atoms with Crippen molar-refractivity contribution in [3.63, 3.8) is 0 Å². The lowest BCUT2D eigenvalue weighted by Gasteiger charge is -2.34. The van der Waals surface area contributed by atoms with E-state index in [-0.39, 0.29) is 5.82 Å². The van der Waals surface area contributed by atoms with E-state index in [1.165, 1.54) is 18.9 Å². The highest BCUT2D eigenvalue weighted by Crippen LogP contribution is 2.35. The largest absolute Gasteiger partial charge is 0.366 e. The van der Waals surface area contributed by atoms with Crippen LogP contribution in [0, 0.1) is 11.2 Å². The Morgan fingerprint density at radius 2 is 1.85 bits per heavy atom. The molecule has 3 nitrogen and oxygen atoms in total. The fourth-order valence-corrected chi connectivity index (χ4v) is 3.58. The van der Waals surface area contributed by atoms with Crippen LogP contribution in [0.1, 0.15) is 55.5 Å². The molecule has 0 aliphatic heterocycles. The number of carbonyl (C=O) groups is 1. The first-order chi connectivity index (χ1) is 12.3. The number of halogens is 1. The number of rotatable bonds is 5. The van der Waals surface area contributed by atoms with Gasteiger partial charge in [-0.1, -0.05) is 38.1 Å². The highest BCUT2D eigenvalue weighted by Gasteiger charge is 2.26. The van der Waals surface area contributed by atoms with E-state index in [9.17, 15) is 9.18 Å². The molecule has 138 valence electrons. The molecule has 0 unspecified atom stereocenters. The second-order valence-corrected chi connectivity index (χ2v) is 8.07. The summed E-state index contributed by atoms with van der Waals surface area (Å²) < 4.78 is 14.5. The van der Waals surface area contributed by atoms with Crippen LogP contribution in [0.2, 0.25) is 0 Å². The van der Waals surface area contributed by atoms with Gasteiger partial charge in [-0.3, -0.25) is 4.79 Å². The molecule has 1 aliphatic carbocycles. The molecule has 0 atom stereocenters. The Morgan fingerprint density at radius 3 is 2.50 bits per heavy atom. The number of carbonyl (C=O) groups excluding carboxylic acids is 1. The quantitative estimate of drug-likeness (QED) is 0.821. The monoisotopic (exact) mass is 354 g/mol. The van der Waals surface area contributed by atoms with Crippen molar-refractivity contribution in [2.75, 3.05) is 0 Å². The summed E-state index contributed by atoms with van der Waals surface area (Å²) in [6.07, 6.45) is 4.71. The van der Waals surface area contributed by atoms with Crippen molar-refractivity contribution < 1.29 is 9.18 Å². The number of amides is 1. The van der Waals surface area contributed by atoms with Crippen LogP contribution in [0.25, 0.3) is 11.1 Å². The molecule has 3 rings (SSSR count). The van der Waals surface area contributed by atoms with Crippen LogP contribution in [0.3, 0.4) is 0 Å². The zero-order valence-electron chi connectivity index (χ0n) is 15.5. The predicted octanol–water partition coefficient (Wildman–Crippen LogP) is 4.65. The third-order valence-corrected chi connectivity index (χ3v) is 5.45. The van der Waals surface area contributed by atoms with Crippen LogP contribution in [0.5, 0.6) is 0 Å². The topological polar surface area (TPSA) is 55.1 Å². The minimum atomic E-state index is -0.483. The van der Waals surface area contributed by atoms with E-state index in [4.69, 9.17) is 5.73 Å². The van der Waals surface area contributed by atoms with Crippen molar-refractivity contribution >= 4 is 5.91 Å². The van der Waals surface area contributed by atoms with Crippen molar-refractivity contribution in [3.05, 3.63) is 59.4 Å². The van der Waals surface area contributed by atoms with Crippen LogP contribution in [-0.4, -0.2) is 11.9 Å². The van der Waals surface area contributed by atoms with Gasteiger partial charge < -0.3 is 11.1 Å². The molecule has 3 N–H and O–H groups in total. The summed E-state index contributed by atoms with van der Waals surface area (Å²) in [5.74, 6) is -0.709. The Bertz CT molecular complexity index is 790. The zero-order valence-corrected chi connectivity index (χ0v) is 15.5. The first-order valence-electron chi connectivity index (χ1n) is 9.26. The highest BCUT2D eigenvalue weighted by molar-refractivity contribution is 5.94. The number of hydrogen-bond donors (Lipinski definition) is 2. The van der Waals surface area contributed by atoms with Crippen LogP contribution in [-0.2, 0) is 6.54 Å². The number of hydrogen-bond acceptors (Lipinski definition) is 2. The maximum Gasteiger partial charge on any atom is 0.248 e. The van der Waals surface area contributed by atoms with Crippen molar-refractivity contribution in [1.82, 2.24) is 5.32 Å². The maximum atomic E-state index is 14.5. The number of primary amides is 1. The van der Waals surface area contributed by atoms with Gasteiger partial charge >= 0.3 is 0 Å². The summed E-state index contributed by atoms with van der Waals surface area (Å²) in [6, 6.07) is 12.7. The molecule has 26 heavy (non-hydrogen) atoms. The van der Waals surface area contributed by atoms with Crippen molar-refractivity contribution in [1.29, 1.82) is 0 Å². The minimum absolute atomic E-state index is 0.226. The lowest BCUT2D eigenvalue weighted by molar-refractivity contribution is 0.100. The van der Waals surface area contributed by atoms with Gasteiger partial charge in [-0.15, -0.1) is 0 Å². The fraction of sp³-hybridized carbons (Fsp3) is 0.409. The second-order valence-electron chi connectivity index (χ2n) is 8.07. The van der Waals surface area contributed by atoms with Crippen LogP contribution in [0.4, 0.5) is 4.39 Å². The van der Waals surface area contributed by atoms with Crippen molar-refractivity contribution in [2.45, 2.75) is 52.1 Å². The van der Waals surface area contributed by atoms with E-state index < -0.39 is 5.91 Å². The third-order valence-electron chi connectivity index (χ3n) is 5.45. The van der Waals surface area contributed by atoms with E-state index in [0.29, 0.717) is 29.1 Å². The van der Waals surface area contributed by atoms with Gasteiger partial charge in [-0.2, -0.15) is 0 Å². The van der Waals surface area contributed by atoms with Crippen LogP contribution >= 0.6 is 0 Å². The van der Waals surface area contributed by atoms with E-state index in [0.717, 1.165) is 24.0 Å². The van der Waals surface area contributed by atoms with Gasteiger partial charge in [0, 0.05) is 23.7 Å². The Morgan fingerprint density at radius 1 is 1.15 bits per heavy atom. The van der Waals surface area contributed by atoms with Gasteiger partial charge in [0.25, 0.3) is 0 Å². The van der Waals surface area contributed by atoms with E-state index in [1.54, 1.807) is 18.2 Å². The van der Waals surface area contributed by atoms with Gasteiger partial charge in [0.05, 0.1) is 0 Å². The molecule has 0 heterocycles. The van der Waals surface area contributed by atoms with Gasteiger partial charge in [0.15, 0.2) is 0 Å². The highest BCUT2D eigenvalue weighted by atomic mass is 19.1. The van der Waals surface area contributed by atoms with Crippen molar-refractivity contribution in [2.24, 2.45) is 11.1 Å². The molecule has 4 heteroatoms. The molecule has 2 aromatic rings. The Labute approximate surface area is 154 Å². The first kappa shape index (κ1) is 18.6. The number of nitrogens with two attached hydrogens (primary N) is 1. The average Bonchev–Trinajstić information content (AvgIpc) is 2.61. The molecule has 0 radical (unpaired) electrons. The average molecular weight is 354 g/mol. The summed E-state index contributed by atoms with van der Waals surface area (Å²) in [6.45, 7) is 5.17. The first-order valence-corrected chi connectivity index (χ1v) is 9.26. The molecule has 1 aliphatic rings. The Kier molecular flexibility index (Phi) is 5.42. The predicted molar refractivity (Wildman–Crippen MR) is 103 cm³/mol.